The summed E-state index contributed by atoms with van der Waals surface area (Å²) in [7, 11) is 1.75. The molecule has 0 fully saturated rings. The number of aliphatic imine (C=N–C) groups is 1. The molecule has 0 atom stereocenters. The first-order valence-corrected chi connectivity index (χ1v) is 6.09. The molecule has 19 heavy (non-hydrogen) atoms. The number of aromatic nitrogens is 1. The molecule has 0 saturated heterocycles. The van der Waals surface area contributed by atoms with E-state index in [1.165, 1.54) is 0 Å². The van der Waals surface area contributed by atoms with Crippen LogP contribution in [0.15, 0.2) is 47.6 Å². The molecule has 1 aromatic heterocycles. The Morgan fingerprint density at radius 2 is 1.95 bits per heavy atom. The van der Waals surface area contributed by atoms with E-state index in [1.54, 1.807) is 13.2 Å². The molecule has 0 amide bonds. The third-order valence-corrected chi connectivity index (χ3v) is 2.69. The third-order valence-electron chi connectivity index (χ3n) is 2.69. The molecule has 1 N–H and O–H groups in total. The number of aryl methyl sites for hydroxylation is 1. The molecule has 0 bridgehead atoms. The van der Waals surface area contributed by atoms with Crippen LogP contribution in [0, 0.1) is 6.92 Å². The minimum Gasteiger partial charge on any atom is -0.439 e. The second kappa shape index (κ2) is 6.00. The molecule has 4 nitrogen and oxygen atoms in total. The van der Waals surface area contributed by atoms with Crippen LogP contribution in [0.5, 0.6) is 11.6 Å². The lowest BCUT2D eigenvalue weighted by molar-refractivity contribution is 0.459. The van der Waals surface area contributed by atoms with Gasteiger partial charge in [-0.2, -0.15) is 0 Å². The number of pyridine rings is 1. The average molecular weight is 255 g/mol. The Kier molecular flexibility index (Phi) is 4.13. The molecule has 0 aliphatic heterocycles. The number of anilines is 1. The minimum absolute atomic E-state index is 0.634. The average Bonchev–Trinajstić information content (AvgIpc) is 2.43. The Balaban J connectivity index is 2.09. The molecule has 0 saturated carbocycles. The van der Waals surface area contributed by atoms with E-state index < -0.39 is 0 Å². The normalized spacial score (nSPS) is 11.2. The molecule has 0 spiro atoms. The van der Waals surface area contributed by atoms with Gasteiger partial charge in [0.25, 0.3) is 0 Å². The van der Waals surface area contributed by atoms with E-state index in [0.29, 0.717) is 5.88 Å². The van der Waals surface area contributed by atoms with Gasteiger partial charge in [-0.3, -0.25) is 4.99 Å². The van der Waals surface area contributed by atoms with Gasteiger partial charge in [0.2, 0.25) is 5.88 Å². The van der Waals surface area contributed by atoms with Gasteiger partial charge in [0.05, 0.1) is 5.84 Å². The fraction of sp³-hybridized carbons (Fsp3) is 0.200. The van der Waals surface area contributed by atoms with Gasteiger partial charge in [0, 0.05) is 24.5 Å². The van der Waals surface area contributed by atoms with Crippen LogP contribution < -0.4 is 10.1 Å². The van der Waals surface area contributed by atoms with Crippen molar-refractivity contribution in [2.75, 3.05) is 12.4 Å². The molecule has 2 aromatic rings. The van der Waals surface area contributed by atoms with Crippen LogP contribution in [0.2, 0.25) is 0 Å². The predicted molar refractivity (Wildman–Crippen MR) is 78.1 cm³/mol. The summed E-state index contributed by atoms with van der Waals surface area (Å²) in [5.41, 5.74) is 1.99. The van der Waals surface area contributed by atoms with Crippen molar-refractivity contribution < 1.29 is 4.74 Å². The van der Waals surface area contributed by atoms with Gasteiger partial charge >= 0.3 is 0 Å². The van der Waals surface area contributed by atoms with Crippen LogP contribution in [-0.4, -0.2) is 17.9 Å². The number of rotatable bonds is 3. The van der Waals surface area contributed by atoms with Gasteiger partial charge < -0.3 is 10.1 Å². The quantitative estimate of drug-likeness (QED) is 0.672. The van der Waals surface area contributed by atoms with Crippen LogP contribution >= 0.6 is 0 Å². The second-order valence-electron chi connectivity index (χ2n) is 4.19. The fourth-order valence-corrected chi connectivity index (χ4v) is 1.56. The standard InChI is InChI=1S/C15H17N3O/c1-11-5-4-10-17-15(11)19-14-8-6-13(7-9-14)18-12(2)16-3/h4-10H,1-3H3,(H,16,18). The summed E-state index contributed by atoms with van der Waals surface area (Å²) in [5.74, 6) is 2.27. The van der Waals surface area contributed by atoms with E-state index in [4.69, 9.17) is 4.74 Å². The Labute approximate surface area is 113 Å². The number of nitrogens with one attached hydrogen (secondary N) is 1. The van der Waals surface area contributed by atoms with Crippen molar-refractivity contribution >= 4 is 11.5 Å². The van der Waals surface area contributed by atoms with Gasteiger partial charge in [-0.1, -0.05) is 6.07 Å². The van der Waals surface area contributed by atoms with Crippen LogP contribution in [0.1, 0.15) is 12.5 Å². The largest absolute Gasteiger partial charge is 0.439 e. The summed E-state index contributed by atoms with van der Waals surface area (Å²) in [5, 5.41) is 3.17. The van der Waals surface area contributed by atoms with Crippen molar-refractivity contribution in [2.24, 2.45) is 4.99 Å². The molecule has 98 valence electrons. The second-order valence-corrected chi connectivity index (χ2v) is 4.19. The molecular weight excluding hydrogens is 238 g/mol. The zero-order chi connectivity index (χ0) is 13.7. The first-order chi connectivity index (χ1) is 9.19. The van der Waals surface area contributed by atoms with Crippen LogP contribution in [-0.2, 0) is 0 Å². The third kappa shape index (κ3) is 3.55. The topological polar surface area (TPSA) is 46.5 Å². The molecule has 2 rings (SSSR count). The molecule has 1 heterocycles. The number of hydrogen-bond acceptors (Lipinski definition) is 3. The minimum atomic E-state index is 0.634. The summed E-state index contributed by atoms with van der Waals surface area (Å²) in [6, 6.07) is 11.6. The van der Waals surface area contributed by atoms with Crippen molar-refractivity contribution in [3.8, 4) is 11.6 Å². The lowest BCUT2D eigenvalue weighted by Crippen LogP contribution is -2.06. The Hall–Kier alpha value is -2.36. The molecule has 0 aliphatic carbocycles. The zero-order valence-corrected chi connectivity index (χ0v) is 11.3. The smallest absolute Gasteiger partial charge is 0.222 e. The highest BCUT2D eigenvalue weighted by Crippen LogP contribution is 2.23. The SMILES string of the molecule is CN=C(C)Nc1ccc(Oc2ncccc2C)cc1. The number of hydrogen-bond donors (Lipinski definition) is 1. The van der Waals surface area contributed by atoms with E-state index >= 15 is 0 Å². The van der Waals surface area contributed by atoms with Gasteiger partial charge in [0.15, 0.2) is 0 Å². The molecule has 4 heteroatoms. The van der Waals surface area contributed by atoms with E-state index in [2.05, 4.69) is 15.3 Å². The summed E-state index contributed by atoms with van der Waals surface area (Å²) in [6.45, 7) is 3.89. The first kappa shape index (κ1) is 13.1. The van der Waals surface area contributed by atoms with Crippen LogP contribution in [0.3, 0.4) is 0 Å². The van der Waals surface area contributed by atoms with Crippen molar-refractivity contribution in [3.05, 3.63) is 48.2 Å². The maximum atomic E-state index is 5.73. The summed E-state index contributed by atoms with van der Waals surface area (Å²) < 4.78 is 5.73. The maximum Gasteiger partial charge on any atom is 0.222 e. The summed E-state index contributed by atoms with van der Waals surface area (Å²) >= 11 is 0. The zero-order valence-electron chi connectivity index (χ0n) is 11.3. The number of nitrogens with zero attached hydrogens (tertiary/aromatic N) is 2. The van der Waals surface area contributed by atoms with E-state index in [-0.39, 0.29) is 0 Å². The predicted octanol–water partition coefficient (Wildman–Crippen LogP) is 3.64. The van der Waals surface area contributed by atoms with Crippen molar-refractivity contribution in [2.45, 2.75) is 13.8 Å². The summed E-state index contributed by atoms with van der Waals surface area (Å²) in [6.07, 6.45) is 1.72. The fourth-order valence-electron chi connectivity index (χ4n) is 1.56. The molecule has 1 aromatic carbocycles. The number of benzene rings is 1. The Bertz CT molecular complexity index is 576. The highest BCUT2D eigenvalue weighted by molar-refractivity contribution is 5.93. The monoisotopic (exact) mass is 255 g/mol. The van der Waals surface area contributed by atoms with Crippen molar-refractivity contribution in [1.29, 1.82) is 0 Å². The van der Waals surface area contributed by atoms with Gasteiger partial charge in [-0.05, 0) is 44.2 Å². The maximum absolute atomic E-state index is 5.73. The van der Waals surface area contributed by atoms with Crippen LogP contribution in [0.4, 0.5) is 5.69 Å². The van der Waals surface area contributed by atoms with Gasteiger partial charge in [0.1, 0.15) is 5.75 Å². The molecule has 0 radical (unpaired) electrons. The van der Waals surface area contributed by atoms with Crippen molar-refractivity contribution in [1.82, 2.24) is 4.98 Å². The van der Waals surface area contributed by atoms with E-state index in [0.717, 1.165) is 22.8 Å². The number of ether oxygens (including phenoxy) is 1. The lowest BCUT2D eigenvalue weighted by atomic mass is 10.3. The van der Waals surface area contributed by atoms with Crippen LogP contribution in [0.25, 0.3) is 0 Å². The lowest BCUT2D eigenvalue weighted by Gasteiger charge is -2.09. The highest BCUT2D eigenvalue weighted by Gasteiger charge is 2.02. The molecule has 0 aliphatic rings. The molecular formula is C15H17N3O. The Morgan fingerprint density at radius 3 is 2.58 bits per heavy atom. The van der Waals surface area contributed by atoms with Gasteiger partial charge in [-0.15, -0.1) is 0 Å². The van der Waals surface area contributed by atoms with E-state index in [1.807, 2.05) is 50.2 Å². The summed E-state index contributed by atoms with van der Waals surface area (Å²) in [4.78, 5) is 8.25. The van der Waals surface area contributed by atoms with Gasteiger partial charge in [-0.25, -0.2) is 4.98 Å². The first-order valence-electron chi connectivity index (χ1n) is 6.09. The highest BCUT2D eigenvalue weighted by atomic mass is 16.5. The van der Waals surface area contributed by atoms with E-state index in [9.17, 15) is 0 Å². The number of amidine groups is 1. The van der Waals surface area contributed by atoms with Crippen molar-refractivity contribution in [3.63, 3.8) is 0 Å². The Morgan fingerprint density at radius 1 is 1.21 bits per heavy atom. The molecule has 0 unspecified atom stereocenters.